The zero-order valence-electron chi connectivity index (χ0n) is 17.1. The lowest BCUT2D eigenvalue weighted by atomic mass is 9.96. The van der Waals surface area contributed by atoms with E-state index in [1.807, 2.05) is 24.3 Å². The Morgan fingerprint density at radius 3 is 2.04 bits per heavy atom. The standard InChI is InChI=1S/C25H29NO2/c1-5-18(2)21-8-15-25(19(3)16-21)26(22-9-6-20(17-27)7-10-22)23-11-13-24(28-4)14-12-23/h6-16,18,27H,5,17H2,1-4H3. The average Bonchev–Trinajstić information content (AvgIpc) is 2.75. The topological polar surface area (TPSA) is 32.7 Å². The molecule has 0 amide bonds. The monoisotopic (exact) mass is 375 g/mol. The van der Waals surface area contributed by atoms with Crippen LogP contribution in [0.5, 0.6) is 5.75 Å². The van der Waals surface area contributed by atoms with Gasteiger partial charge in [-0.1, -0.05) is 38.1 Å². The second-order valence-corrected chi connectivity index (χ2v) is 7.21. The third-order valence-electron chi connectivity index (χ3n) is 5.35. The van der Waals surface area contributed by atoms with Crippen LogP contribution in [0.3, 0.4) is 0 Å². The molecule has 0 bridgehead atoms. The highest BCUT2D eigenvalue weighted by atomic mass is 16.5. The van der Waals surface area contributed by atoms with Crippen LogP contribution in [0.4, 0.5) is 17.1 Å². The van der Waals surface area contributed by atoms with E-state index in [0.717, 1.165) is 34.8 Å². The maximum atomic E-state index is 9.38. The van der Waals surface area contributed by atoms with E-state index in [1.165, 1.54) is 11.1 Å². The van der Waals surface area contributed by atoms with Crippen molar-refractivity contribution in [3.63, 3.8) is 0 Å². The number of aliphatic hydroxyl groups excluding tert-OH is 1. The summed E-state index contributed by atoms with van der Waals surface area (Å²) in [5.74, 6) is 1.38. The predicted molar refractivity (Wildman–Crippen MR) is 117 cm³/mol. The van der Waals surface area contributed by atoms with Crippen molar-refractivity contribution in [1.29, 1.82) is 0 Å². The van der Waals surface area contributed by atoms with Crippen LogP contribution in [0.1, 0.15) is 42.9 Å². The van der Waals surface area contributed by atoms with Crippen molar-refractivity contribution < 1.29 is 9.84 Å². The van der Waals surface area contributed by atoms with Crippen LogP contribution in [0, 0.1) is 6.92 Å². The molecule has 3 aromatic carbocycles. The van der Waals surface area contributed by atoms with Gasteiger partial charge in [-0.3, -0.25) is 0 Å². The Balaban J connectivity index is 2.09. The van der Waals surface area contributed by atoms with Gasteiger partial charge in [0.25, 0.3) is 0 Å². The van der Waals surface area contributed by atoms with Gasteiger partial charge >= 0.3 is 0 Å². The van der Waals surface area contributed by atoms with Crippen LogP contribution >= 0.6 is 0 Å². The lowest BCUT2D eigenvalue weighted by Crippen LogP contribution is -2.12. The molecule has 0 spiro atoms. The molecule has 1 unspecified atom stereocenters. The lowest BCUT2D eigenvalue weighted by molar-refractivity contribution is 0.282. The molecule has 3 nitrogen and oxygen atoms in total. The molecule has 0 heterocycles. The van der Waals surface area contributed by atoms with Crippen molar-refractivity contribution in [2.24, 2.45) is 0 Å². The number of anilines is 3. The Hall–Kier alpha value is -2.78. The summed E-state index contributed by atoms with van der Waals surface area (Å²) in [6.45, 7) is 6.70. The van der Waals surface area contributed by atoms with E-state index < -0.39 is 0 Å². The fourth-order valence-electron chi connectivity index (χ4n) is 3.38. The number of aryl methyl sites for hydroxylation is 1. The van der Waals surface area contributed by atoms with Crippen LogP contribution < -0.4 is 9.64 Å². The molecule has 146 valence electrons. The first-order valence-electron chi connectivity index (χ1n) is 9.82. The number of rotatable bonds is 7. The van der Waals surface area contributed by atoms with Gasteiger partial charge in [-0.2, -0.15) is 0 Å². The van der Waals surface area contributed by atoms with Crippen molar-refractivity contribution in [2.75, 3.05) is 12.0 Å². The van der Waals surface area contributed by atoms with Crippen LogP contribution in [0.2, 0.25) is 0 Å². The Bertz CT molecular complexity index is 853. The molecule has 0 aliphatic rings. The summed E-state index contributed by atoms with van der Waals surface area (Å²) in [7, 11) is 1.68. The third-order valence-corrected chi connectivity index (χ3v) is 5.35. The van der Waals surface area contributed by atoms with Crippen molar-refractivity contribution in [3.8, 4) is 5.75 Å². The van der Waals surface area contributed by atoms with Gasteiger partial charge in [-0.15, -0.1) is 0 Å². The van der Waals surface area contributed by atoms with Gasteiger partial charge in [0.1, 0.15) is 5.75 Å². The van der Waals surface area contributed by atoms with Crippen LogP contribution in [-0.2, 0) is 6.61 Å². The number of benzene rings is 3. The minimum absolute atomic E-state index is 0.0471. The number of ether oxygens (including phenoxy) is 1. The van der Waals surface area contributed by atoms with E-state index in [2.05, 4.69) is 68.1 Å². The van der Waals surface area contributed by atoms with E-state index in [-0.39, 0.29) is 6.61 Å². The van der Waals surface area contributed by atoms with Crippen molar-refractivity contribution in [2.45, 2.75) is 39.7 Å². The smallest absolute Gasteiger partial charge is 0.119 e. The number of hydrogen-bond donors (Lipinski definition) is 1. The van der Waals surface area contributed by atoms with E-state index in [1.54, 1.807) is 7.11 Å². The van der Waals surface area contributed by atoms with Gasteiger partial charge in [0, 0.05) is 17.1 Å². The first kappa shape index (κ1) is 20.0. The largest absolute Gasteiger partial charge is 0.497 e. The summed E-state index contributed by atoms with van der Waals surface area (Å²) < 4.78 is 5.32. The van der Waals surface area contributed by atoms with Crippen LogP contribution in [0.15, 0.2) is 66.7 Å². The Morgan fingerprint density at radius 2 is 1.54 bits per heavy atom. The summed E-state index contributed by atoms with van der Waals surface area (Å²) >= 11 is 0. The maximum Gasteiger partial charge on any atom is 0.119 e. The fourth-order valence-corrected chi connectivity index (χ4v) is 3.38. The normalized spacial score (nSPS) is 11.9. The lowest BCUT2D eigenvalue weighted by Gasteiger charge is -2.28. The summed E-state index contributed by atoms with van der Waals surface area (Å²) in [6, 6.07) is 22.9. The molecule has 0 saturated heterocycles. The first-order chi connectivity index (χ1) is 13.6. The highest BCUT2D eigenvalue weighted by Crippen LogP contribution is 2.38. The molecular weight excluding hydrogens is 346 g/mol. The summed E-state index contributed by atoms with van der Waals surface area (Å²) in [4.78, 5) is 2.25. The molecule has 3 rings (SSSR count). The molecule has 28 heavy (non-hydrogen) atoms. The van der Waals surface area contributed by atoms with Crippen LogP contribution in [0.25, 0.3) is 0 Å². The molecule has 0 aromatic heterocycles. The molecule has 3 heteroatoms. The van der Waals surface area contributed by atoms with Gasteiger partial charge in [-0.05, 0) is 78.4 Å². The molecule has 0 radical (unpaired) electrons. The van der Waals surface area contributed by atoms with Crippen molar-refractivity contribution >= 4 is 17.1 Å². The van der Waals surface area contributed by atoms with Gasteiger partial charge in [0.15, 0.2) is 0 Å². The van der Waals surface area contributed by atoms with Gasteiger partial charge in [-0.25, -0.2) is 0 Å². The average molecular weight is 376 g/mol. The minimum atomic E-state index is 0.0471. The first-order valence-corrected chi connectivity index (χ1v) is 9.82. The second-order valence-electron chi connectivity index (χ2n) is 7.21. The van der Waals surface area contributed by atoms with Crippen molar-refractivity contribution in [3.05, 3.63) is 83.4 Å². The van der Waals surface area contributed by atoms with Crippen molar-refractivity contribution in [1.82, 2.24) is 0 Å². The molecular formula is C25H29NO2. The Morgan fingerprint density at radius 1 is 0.929 bits per heavy atom. The zero-order valence-corrected chi connectivity index (χ0v) is 17.1. The maximum absolute atomic E-state index is 9.38. The summed E-state index contributed by atoms with van der Waals surface area (Å²) in [6.07, 6.45) is 1.13. The quantitative estimate of drug-likeness (QED) is 0.513. The van der Waals surface area contributed by atoms with Gasteiger partial charge in [0.2, 0.25) is 0 Å². The highest BCUT2D eigenvalue weighted by Gasteiger charge is 2.16. The summed E-state index contributed by atoms with van der Waals surface area (Å²) in [5, 5.41) is 9.38. The molecule has 1 atom stereocenters. The second kappa shape index (κ2) is 8.94. The molecule has 0 fully saturated rings. The van der Waals surface area contributed by atoms with E-state index in [9.17, 15) is 5.11 Å². The van der Waals surface area contributed by atoms with Crippen LogP contribution in [-0.4, -0.2) is 12.2 Å². The number of nitrogens with zero attached hydrogens (tertiary/aromatic N) is 1. The van der Waals surface area contributed by atoms with E-state index in [0.29, 0.717) is 5.92 Å². The number of aliphatic hydroxyl groups is 1. The van der Waals surface area contributed by atoms with Gasteiger partial charge < -0.3 is 14.7 Å². The Kier molecular flexibility index (Phi) is 6.37. The molecule has 0 saturated carbocycles. The number of methoxy groups -OCH3 is 1. The highest BCUT2D eigenvalue weighted by molar-refractivity contribution is 5.78. The molecule has 0 aliphatic carbocycles. The SMILES string of the molecule is CCC(C)c1ccc(N(c2ccc(CO)cc2)c2ccc(OC)cc2)c(C)c1. The molecule has 0 aliphatic heterocycles. The zero-order chi connectivity index (χ0) is 20.1. The van der Waals surface area contributed by atoms with E-state index >= 15 is 0 Å². The minimum Gasteiger partial charge on any atom is -0.497 e. The molecule has 3 aromatic rings. The fraction of sp³-hybridized carbons (Fsp3) is 0.280. The molecule has 1 N–H and O–H groups in total. The van der Waals surface area contributed by atoms with E-state index in [4.69, 9.17) is 4.74 Å². The number of hydrogen-bond acceptors (Lipinski definition) is 3. The van der Waals surface area contributed by atoms with Gasteiger partial charge in [0.05, 0.1) is 13.7 Å². The summed E-state index contributed by atoms with van der Waals surface area (Å²) in [5.41, 5.74) is 6.78. The predicted octanol–water partition coefficient (Wildman–Crippen LogP) is 6.48. The Labute approximate surface area is 168 Å². The third kappa shape index (κ3) is 4.20.